The quantitative estimate of drug-likeness (QED) is 0.254. The molecule has 3 fully saturated rings. The number of fused-ring (bicyclic) bond motifs is 4. The van der Waals surface area contributed by atoms with E-state index in [-0.39, 0.29) is 28.4 Å². The van der Waals surface area contributed by atoms with Crippen molar-refractivity contribution in [1.82, 2.24) is 4.90 Å². The highest BCUT2D eigenvalue weighted by atomic mass is 28.4. The summed E-state index contributed by atoms with van der Waals surface area (Å²) < 4.78 is 34.3. The van der Waals surface area contributed by atoms with Gasteiger partial charge >= 0.3 is 6.09 Å². The predicted octanol–water partition coefficient (Wildman–Crippen LogP) is 6.67. The zero-order chi connectivity index (χ0) is 30.0. The molecule has 0 saturated carbocycles. The maximum atomic E-state index is 13.5. The minimum absolute atomic E-state index is 0.0551. The number of hydrogen-bond donors (Lipinski definition) is 0. The first kappa shape index (κ1) is 30.5. The fourth-order valence-corrected chi connectivity index (χ4v) is 9.19. The van der Waals surface area contributed by atoms with Crippen molar-refractivity contribution in [3.05, 3.63) is 24.3 Å². The molecular formula is C31H53NO6Si2. The molecular weight excluding hydrogens is 539 g/mol. The van der Waals surface area contributed by atoms with Gasteiger partial charge in [-0.15, -0.1) is 0 Å². The summed E-state index contributed by atoms with van der Waals surface area (Å²) in [4.78, 5) is 15.3. The normalized spacial score (nSPS) is 38.4. The molecule has 40 heavy (non-hydrogen) atoms. The van der Waals surface area contributed by atoms with Crippen LogP contribution < -0.4 is 0 Å². The first-order chi connectivity index (χ1) is 18.0. The second-order valence-corrected chi connectivity index (χ2v) is 26.6. The van der Waals surface area contributed by atoms with E-state index in [9.17, 15) is 4.79 Å². The largest absolute Gasteiger partial charge is 0.444 e. The average molecular weight is 592 g/mol. The number of rotatable bonds is 6. The molecule has 1 amide bonds. The van der Waals surface area contributed by atoms with Crippen LogP contribution in [0, 0.1) is 10.8 Å². The van der Waals surface area contributed by atoms with Crippen LogP contribution in [0.2, 0.25) is 36.3 Å². The number of ether oxygens (including phenoxy) is 3. The molecule has 5 heterocycles. The Balaban J connectivity index is 1.62. The lowest BCUT2D eigenvalue weighted by atomic mass is 9.45. The molecule has 226 valence electrons. The van der Waals surface area contributed by atoms with Gasteiger partial charge in [0, 0.05) is 13.2 Å². The second kappa shape index (κ2) is 8.56. The topological polar surface area (TPSA) is 66.5 Å². The van der Waals surface area contributed by atoms with Crippen molar-refractivity contribution < 1.29 is 27.9 Å². The molecule has 3 saturated heterocycles. The maximum Gasteiger partial charge on any atom is 0.410 e. The minimum Gasteiger partial charge on any atom is -0.444 e. The highest BCUT2D eigenvalue weighted by Gasteiger charge is 2.89. The van der Waals surface area contributed by atoms with Gasteiger partial charge in [-0.25, -0.2) is 4.79 Å². The average Bonchev–Trinajstić information content (AvgIpc) is 3.49. The van der Waals surface area contributed by atoms with Crippen LogP contribution in [0.4, 0.5) is 4.79 Å². The first-order valence-corrected chi connectivity index (χ1v) is 20.8. The van der Waals surface area contributed by atoms with E-state index in [1.165, 1.54) is 0 Å². The smallest absolute Gasteiger partial charge is 0.410 e. The van der Waals surface area contributed by atoms with Gasteiger partial charge in [0.2, 0.25) is 0 Å². The lowest BCUT2D eigenvalue weighted by Crippen LogP contribution is -2.76. The van der Waals surface area contributed by atoms with Crippen molar-refractivity contribution in [2.45, 2.75) is 128 Å². The summed E-state index contributed by atoms with van der Waals surface area (Å²) in [5.41, 5.74) is -3.10. The van der Waals surface area contributed by atoms with Crippen LogP contribution in [0.1, 0.15) is 62.3 Å². The zero-order valence-electron chi connectivity index (χ0n) is 27.2. The van der Waals surface area contributed by atoms with Crippen LogP contribution in [0.15, 0.2) is 24.3 Å². The first-order valence-electron chi connectivity index (χ1n) is 15.0. The van der Waals surface area contributed by atoms with E-state index < -0.39 is 44.3 Å². The van der Waals surface area contributed by atoms with E-state index in [1.54, 1.807) is 4.90 Å². The van der Waals surface area contributed by atoms with Crippen molar-refractivity contribution in [3.63, 3.8) is 0 Å². The summed E-state index contributed by atoms with van der Waals surface area (Å²) in [5.74, 6) is 0. The number of carbonyl (C=O) groups excluding carboxylic acids is 1. The Morgan fingerprint density at radius 3 is 1.62 bits per heavy atom. The summed E-state index contributed by atoms with van der Waals surface area (Å²) in [6.45, 7) is 30.5. The third-order valence-electron chi connectivity index (χ3n) is 11.4. The molecule has 0 aromatic heterocycles. The van der Waals surface area contributed by atoms with E-state index in [2.05, 4.69) is 92.0 Å². The Morgan fingerprint density at radius 2 is 1.23 bits per heavy atom. The van der Waals surface area contributed by atoms with Crippen molar-refractivity contribution >= 4 is 22.7 Å². The maximum absolute atomic E-state index is 13.5. The van der Waals surface area contributed by atoms with Gasteiger partial charge in [-0.2, -0.15) is 0 Å². The summed E-state index contributed by atoms with van der Waals surface area (Å²) in [6, 6.07) is 0. The molecule has 0 aromatic carbocycles. The Hall–Kier alpha value is -0.976. The third kappa shape index (κ3) is 3.90. The van der Waals surface area contributed by atoms with Crippen molar-refractivity contribution in [2.75, 3.05) is 26.3 Å². The lowest BCUT2D eigenvalue weighted by molar-refractivity contribution is -0.179. The third-order valence-corrected chi connectivity index (χ3v) is 20.4. The minimum atomic E-state index is -2.14. The Bertz CT molecular complexity index is 1090. The summed E-state index contributed by atoms with van der Waals surface area (Å²) in [7, 11) is -4.23. The van der Waals surface area contributed by atoms with Crippen LogP contribution >= 0.6 is 0 Å². The van der Waals surface area contributed by atoms with E-state index >= 15 is 0 Å². The van der Waals surface area contributed by atoms with Gasteiger partial charge in [-0.05, 0) is 57.0 Å². The standard InChI is InChI=1S/C31H53NO6Si2/c1-25(2,3)38-24(33)32-18-28-16-14-22(36-28)30(20-34-39(10,11)26(4,5)6)23-15-17-29(19-32,37-23)31(28,30)21-35-40(12,13)27(7,8)9/h14-17,22-23H,18-21H2,1-13H3/t22-,23+,28-,29+,30?,31?. The van der Waals surface area contributed by atoms with Gasteiger partial charge in [0.15, 0.2) is 16.6 Å². The summed E-state index contributed by atoms with van der Waals surface area (Å²) >= 11 is 0. The number of likely N-dealkylation sites (tertiary alicyclic amines) is 1. The van der Waals surface area contributed by atoms with Gasteiger partial charge in [-0.3, -0.25) is 0 Å². The van der Waals surface area contributed by atoms with Crippen LogP contribution in [-0.2, 0) is 23.1 Å². The monoisotopic (exact) mass is 591 g/mol. The Labute approximate surface area is 244 Å². The van der Waals surface area contributed by atoms with Crippen LogP contribution in [-0.4, -0.2) is 82.9 Å². The molecule has 0 aromatic rings. The van der Waals surface area contributed by atoms with Gasteiger partial charge in [0.1, 0.15) is 16.8 Å². The van der Waals surface area contributed by atoms with Gasteiger partial charge in [-0.1, -0.05) is 65.8 Å². The van der Waals surface area contributed by atoms with Crippen molar-refractivity contribution in [3.8, 4) is 0 Å². The van der Waals surface area contributed by atoms with Crippen LogP contribution in [0.5, 0.6) is 0 Å². The van der Waals surface area contributed by atoms with Crippen molar-refractivity contribution in [1.29, 1.82) is 0 Å². The molecule has 5 rings (SSSR count). The van der Waals surface area contributed by atoms with Gasteiger partial charge < -0.3 is 28.0 Å². The molecule has 7 nitrogen and oxygen atoms in total. The van der Waals surface area contributed by atoms with Gasteiger partial charge in [0.05, 0.1) is 36.1 Å². The Morgan fingerprint density at radius 1 is 0.800 bits per heavy atom. The Kier molecular flexibility index (Phi) is 6.52. The molecule has 4 bridgehead atoms. The van der Waals surface area contributed by atoms with E-state index in [0.29, 0.717) is 26.3 Å². The van der Waals surface area contributed by atoms with Crippen LogP contribution in [0.3, 0.4) is 0 Å². The van der Waals surface area contributed by atoms with E-state index in [0.717, 1.165) is 0 Å². The summed E-state index contributed by atoms with van der Waals surface area (Å²) in [5, 5.41) is 0.131. The number of hydrogen-bond acceptors (Lipinski definition) is 6. The highest BCUT2D eigenvalue weighted by molar-refractivity contribution is 6.74. The number of carbonyl (C=O) groups is 1. The summed E-state index contributed by atoms with van der Waals surface area (Å²) in [6.07, 6.45) is 8.10. The molecule has 5 aliphatic rings. The molecule has 0 radical (unpaired) electrons. The number of piperidine rings is 1. The molecule has 2 spiro atoms. The molecule has 5 aliphatic heterocycles. The van der Waals surface area contributed by atoms with Crippen molar-refractivity contribution in [2.24, 2.45) is 10.8 Å². The molecule has 9 heteroatoms. The number of nitrogens with zero attached hydrogens (tertiary/aromatic N) is 1. The number of amides is 1. The lowest BCUT2D eigenvalue weighted by Gasteiger charge is -2.61. The fourth-order valence-electron chi connectivity index (χ4n) is 7.15. The zero-order valence-corrected chi connectivity index (χ0v) is 29.2. The SMILES string of the molecule is CC(C)(C)OC(=O)N1C[C@@]23C=C[C@@H](O2)C2(CO[Si](C)(C)C(C)(C)C)[C@@H]4C=C[C@@](C1)(O4)C23CO[Si](C)(C)C(C)(C)C. The van der Waals surface area contributed by atoms with Crippen LogP contribution in [0.25, 0.3) is 0 Å². The van der Waals surface area contributed by atoms with E-state index in [4.69, 9.17) is 23.1 Å². The highest BCUT2D eigenvalue weighted by Crippen LogP contribution is 2.77. The van der Waals surface area contributed by atoms with Gasteiger partial charge in [0.25, 0.3) is 0 Å². The molecule has 0 N–H and O–H groups in total. The molecule has 2 unspecified atom stereocenters. The predicted molar refractivity (Wildman–Crippen MR) is 162 cm³/mol. The second-order valence-electron chi connectivity index (χ2n) is 17.0. The fraction of sp³-hybridized carbons (Fsp3) is 0.839. The van der Waals surface area contributed by atoms with E-state index in [1.807, 2.05) is 20.8 Å². The molecule has 0 aliphatic carbocycles. The molecule has 6 atom stereocenters.